The van der Waals surface area contributed by atoms with Crippen LogP contribution in [0.5, 0.6) is 0 Å². The van der Waals surface area contributed by atoms with Crippen LogP contribution in [-0.4, -0.2) is 42.5 Å². The summed E-state index contributed by atoms with van der Waals surface area (Å²) in [7, 11) is 0. The van der Waals surface area contributed by atoms with Crippen LogP contribution in [0.3, 0.4) is 0 Å². The summed E-state index contributed by atoms with van der Waals surface area (Å²) in [5, 5.41) is 0. The smallest absolute Gasteiger partial charge is 0.152 e. The van der Waals surface area contributed by atoms with Crippen LogP contribution < -0.4 is 0 Å². The molecule has 0 amide bonds. The number of ketones is 1. The molecule has 0 aromatic rings. The Morgan fingerprint density at radius 2 is 2.54 bits per heavy atom. The Hall–Kier alpha value is -0.670. The second-order valence-electron chi connectivity index (χ2n) is 3.81. The number of morpholine rings is 1. The van der Waals surface area contributed by atoms with Gasteiger partial charge < -0.3 is 4.74 Å². The quantitative estimate of drug-likeness (QED) is 0.597. The van der Waals surface area contributed by atoms with E-state index in [4.69, 9.17) is 4.74 Å². The molecule has 72 valence electrons. The number of carbonyl (C=O) groups excluding carboxylic acids is 1. The first kappa shape index (κ1) is 8.91. The average molecular weight is 181 g/mol. The highest BCUT2D eigenvalue weighted by Crippen LogP contribution is 2.27. The lowest BCUT2D eigenvalue weighted by Gasteiger charge is -2.24. The van der Waals surface area contributed by atoms with E-state index in [2.05, 4.69) is 4.90 Å². The van der Waals surface area contributed by atoms with Gasteiger partial charge in [0, 0.05) is 19.1 Å². The van der Waals surface area contributed by atoms with Crippen LogP contribution in [-0.2, 0) is 9.53 Å². The van der Waals surface area contributed by atoms with Gasteiger partial charge in [-0.05, 0) is 19.4 Å². The number of rotatable bonds is 3. The first-order valence-corrected chi connectivity index (χ1v) is 4.78. The molecule has 0 aromatic carbocycles. The van der Waals surface area contributed by atoms with Gasteiger partial charge in [0.05, 0.1) is 12.7 Å². The van der Waals surface area contributed by atoms with E-state index in [9.17, 15) is 4.79 Å². The maximum Gasteiger partial charge on any atom is 0.152 e. The minimum absolute atomic E-state index is 0.126. The highest BCUT2D eigenvalue weighted by atomic mass is 16.5. The molecule has 13 heavy (non-hydrogen) atoms. The molecule has 2 atom stereocenters. The van der Waals surface area contributed by atoms with Crippen molar-refractivity contribution in [2.75, 3.05) is 19.7 Å². The summed E-state index contributed by atoms with van der Waals surface area (Å²) in [6.07, 6.45) is 5.22. The van der Waals surface area contributed by atoms with E-state index in [-0.39, 0.29) is 5.78 Å². The van der Waals surface area contributed by atoms with Crippen molar-refractivity contribution in [2.45, 2.75) is 25.5 Å². The van der Waals surface area contributed by atoms with Gasteiger partial charge in [-0.25, -0.2) is 0 Å². The number of allylic oxidation sites excluding steroid dienone is 1. The molecule has 2 aliphatic rings. The molecule has 2 heterocycles. The van der Waals surface area contributed by atoms with E-state index >= 15 is 0 Å². The van der Waals surface area contributed by atoms with E-state index in [0.717, 1.165) is 19.7 Å². The number of fused-ring (bicyclic) bond motifs is 2. The third-order valence-corrected chi connectivity index (χ3v) is 2.71. The molecule has 2 saturated heterocycles. The highest BCUT2D eigenvalue weighted by molar-refractivity contribution is 5.87. The number of likely N-dealkylation sites (tertiary alicyclic amines) is 1. The predicted octanol–water partition coefficient (Wildman–Crippen LogP) is 0.605. The topological polar surface area (TPSA) is 29.5 Å². The minimum Gasteiger partial charge on any atom is -0.375 e. The number of carbonyl (C=O) groups is 1. The lowest BCUT2D eigenvalue weighted by atomic mass is 10.2. The van der Waals surface area contributed by atoms with Gasteiger partial charge in [0.1, 0.15) is 0 Å². The van der Waals surface area contributed by atoms with Crippen LogP contribution in [0, 0.1) is 0 Å². The summed E-state index contributed by atoms with van der Waals surface area (Å²) in [5.41, 5.74) is 0. The first-order valence-electron chi connectivity index (χ1n) is 4.78. The summed E-state index contributed by atoms with van der Waals surface area (Å²) >= 11 is 0. The Kier molecular flexibility index (Phi) is 2.47. The Morgan fingerprint density at radius 3 is 3.08 bits per heavy atom. The number of hydrogen-bond acceptors (Lipinski definition) is 3. The van der Waals surface area contributed by atoms with Crippen molar-refractivity contribution < 1.29 is 9.53 Å². The summed E-state index contributed by atoms with van der Waals surface area (Å²) in [6.45, 7) is 4.38. The maximum absolute atomic E-state index is 10.6. The van der Waals surface area contributed by atoms with Crippen LogP contribution in [0.1, 0.15) is 13.3 Å². The van der Waals surface area contributed by atoms with Gasteiger partial charge in [-0.1, -0.05) is 6.08 Å². The molecular formula is C10H15NO2. The third-order valence-electron chi connectivity index (χ3n) is 2.71. The van der Waals surface area contributed by atoms with Gasteiger partial charge in [-0.3, -0.25) is 9.69 Å². The summed E-state index contributed by atoms with van der Waals surface area (Å²) in [5.74, 6) is 0.126. The average Bonchev–Trinajstić information content (AvgIpc) is 2.64. The normalized spacial score (nSPS) is 33.3. The SMILES string of the molecule is CC(=O)/C=C/CN1CC2CC1CO2. The van der Waals surface area contributed by atoms with Gasteiger partial charge in [-0.15, -0.1) is 0 Å². The molecule has 2 bridgehead atoms. The van der Waals surface area contributed by atoms with Gasteiger partial charge in [0.15, 0.2) is 5.78 Å². The molecule has 0 saturated carbocycles. The summed E-state index contributed by atoms with van der Waals surface area (Å²) < 4.78 is 5.48. The van der Waals surface area contributed by atoms with Crippen LogP contribution in [0.25, 0.3) is 0 Å². The highest BCUT2D eigenvalue weighted by Gasteiger charge is 2.37. The molecule has 3 nitrogen and oxygen atoms in total. The zero-order valence-corrected chi connectivity index (χ0v) is 7.90. The fourth-order valence-corrected chi connectivity index (χ4v) is 2.06. The molecule has 0 aliphatic carbocycles. The van der Waals surface area contributed by atoms with E-state index < -0.39 is 0 Å². The van der Waals surface area contributed by atoms with Gasteiger partial charge in [0.2, 0.25) is 0 Å². The van der Waals surface area contributed by atoms with Crippen molar-refractivity contribution >= 4 is 5.78 Å². The van der Waals surface area contributed by atoms with Crippen molar-refractivity contribution in [1.82, 2.24) is 4.90 Å². The standard InChI is InChI=1S/C10H15NO2/c1-8(12)3-2-4-11-6-10-5-9(11)7-13-10/h2-3,9-10H,4-7H2,1H3/b3-2+. The second-order valence-corrected chi connectivity index (χ2v) is 3.81. The second kappa shape index (κ2) is 3.60. The first-order chi connectivity index (χ1) is 6.25. The molecule has 2 unspecified atom stereocenters. The molecule has 0 N–H and O–H groups in total. The zero-order valence-electron chi connectivity index (χ0n) is 7.90. The number of hydrogen-bond donors (Lipinski definition) is 0. The number of ether oxygens (including phenoxy) is 1. The molecule has 0 radical (unpaired) electrons. The van der Waals surface area contributed by atoms with Crippen LogP contribution in [0.15, 0.2) is 12.2 Å². The van der Waals surface area contributed by atoms with Gasteiger partial charge in [-0.2, -0.15) is 0 Å². The van der Waals surface area contributed by atoms with E-state index in [1.54, 1.807) is 13.0 Å². The monoisotopic (exact) mass is 181 g/mol. The van der Waals surface area contributed by atoms with Crippen molar-refractivity contribution in [1.29, 1.82) is 0 Å². The van der Waals surface area contributed by atoms with Crippen LogP contribution >= 0.6 is 0 Å². The fraction of sp³-hybridized carbons (Fsp3) is 0.700. The Labute approximate surface area is 78.4 Å². The molecule has 3 heteroatoms. The van der Waals surface area contributed by atoms with Crippen molar-refractivity contribution in [2.24, 2.45) is 0 Å². The van der Waals surface area contributed by atoms with Crippen molar-refractivity contribution in [3.05, 3.63) is 12.2 Å². The zero-order chi connectivity index (χ0) is 9.26. The van der Waals surface area contributed by atoms with Crippen LogP contribution in [0.2, 0.25) is 0 Å². The predicted molar refractivity (Wildman–Crippen MR) is 49.5 cm³/mol. The Bertz CT molecular complexity index is 237. The molecular weight excluding hydrogens is 166 g/mol. The van der Waals surface area contributed by atoms with Gasteiger partial charge >= 0.3 is 0 Å². The van der Waals surface area contributed by atoms with Gasteiger partial charge in [0.25, 0.3) is 0 Å². The summed E-state index contributed by atoms with van der Waals surface area (Å²) in [6, 6.07) is 0.599. The van der Waals surface area contributed by atoms with E-state index in [1.807, 2.05) is 6.08 Å². The van der Waals surface area contributed by atoms with Crippen molar-refractivity contribution in [3.8, 4) is 0 Å². The largest absolute Gasteiger partial charge is 0.375 e. The van der Waals surface area contributed by atoms with Crippen molar-refractivity contribution in [3.63, 3.8) is 0 Å². The molecule has 2 rings (SSSR count). The molecule has 0 spiro atoms. The lowest BCUT2D eigenvalue weighted by molar-refractivity contribution is -0.112. The Morgan fingerprint density at radius 1 is 1.69 bits per heavy atom. The van der Waals surface area contributed by atoms with E-state index in [1.165, 1.54) is 6.42 Å². The lowest BCUT2D eigenvalue weighted by Crippen LogP contribution is -2.36. The maximum atomic E-state index is 10.6. The molecule has 0 aromatic heterocycles. The fourth-order valence-electron chi connectivity index (χ4n) is 2.06. The number of nitrogens with zero attached hydrogens (tertiary/aromatic N) is 1. The molecule has 2 aliphatic heterocycles. The third kappa shape index (κ3) is 1.98. The Balaban J connectivity index is 1.80. The summed E-state index contributed by atoms with van der Waals surface area (Å²) in [4.78, 5) is 13.0. The van der Waals surface area contributed by atoms with E-state index in [0.29, 0.717) is 12.1 Å². The molecule has 2 fully saturated rings. The van der Waals surface area contributed by atoms with Crippen LogP contribution in [0.4, 0.5) is 0 Å². The minimum atomic E-state index is 0.126.